The second kappa shape index (κ2) is 3.32. The Labute approximate surface area is 83.9 Å². The number of nitrogens with two attached hydrogens (primary N) is 1. The molecule has 0 bridgehead atoms. The van der Waals surface area contributed by atoms with Crippen molar-refractivity contribution in [2.45, 2.75) is 19.4 Å². The normalized spacial score (nSPS) is 28.5. The Balaban J connectivity index is 2.15. The smallest absolute Gasteiger partial charge is 0.0409 e. The molecular formula is C11H14ClN. The van der Waals surface area contributed by atoms with Crippen molar-refractivity contribution in [1.29, 1.82) is 0 Å². The fourth-order valence-electron chi connectivity index (χ4n) is 1.81. The molecule has 0 radical (unpaired) electrons. The van der Waals surface area contributed by atoms with Gasteiger partial charge in [0.15, 0.2) is 0 Å². The summed E-state index contributed by atoms with van der Waals surface area (Å²) in [4.78, 5) is 0. The van der Waals surface area contributed by atoms with E-state index in [1.165, 1.54) is 12.0 Å². The van der Waals surface area contributed by atoms with Crippen LogP contribution in [0.3, 0.4) is 0 Å². The molecule has 3 unspecified atom stereocenters. The zero-order chi connectivity index (χ0) is 9.42. The summed E-state index contributed by atoms with van der Waals surface area (Å²) in [5.74, 6) is 1.45. The maximum absolute atomic E-state index is 6.10. The van der Waals surface area contributed by atoms with E-state index in [4.69, 9.17) is 17.3 Å². The molecule has 0 aliphatic heterocycles. The molecule has 70 valence electrons. The molecule has 2 N–H and O–H groups in total. The Hall–Kier alpha value is -0.530. The second-order valence-corrected chi connectivity index (χ2v) is 4.39. The van der Waals surface area contributed by atoms with Crippen molar-refractivity contribution in [3.8, 4) is 0 Å². The zero-order valence-electron chi connectivity index (χ0n) is 7.70. The van der Waals surface area contributed by atoms with Crippen LogP contribution in [0.1, 0.15) is 24.9 Å². The highest BCUT2D eigenvalue weighted by atomic mass is 35.5. The van der Waals surface area contributed by atoms with E-state index in [0.717, 1.165) is 10.9 Å². The summed E-state index contributed by atoms with van der Waals surface area (Å²) >= 11 is 5.89. The molecular weight excluding hydrogens is 182 g/mol. The van der Waals surface area contributed by atoms with Crippen LogP contribution in [-0.2, 0) is 0 Å². The molecule has 0 heterocycles. The van der Waals surface area contributed by atoms with Gasteiger partial charge in [-0.25, -0.2) is 0 Å². The first kappa shape index (κ1) is 9.04. The van der Waals surface area contributed by atoms with Crippen LogP contribution in [0.4, 0.5) is 0 Å². The van der Waals surface area contributed by atoms with Crippen molar-refractivity contribution >= 4 is 11.6 Å². The monoisotopic (exact) mass is 195 g/mol. The van der Waals surface area contributed by atoms with Gasteiger partial charge in [0.1, 0.15) is 0 Å². The molecule has 1 fully saturated rings. The fraction of sp³-hybridized carbons (Fsp3) is 0.455. The third kappa shape index (κ3) is 1.87. The highest BCUT2D eigenvalue weighted by molar-refractivity contribution is 6.30. The van der Waals surface area contributed by atoms with E-state index < -0.39 is 0 Å². The minimum atomic E-state index is 0.175. The average Bonchev–Trinajstić information content (AvgIpc) is 2.81. The van der Waals surface area contributed by atoms with E-state index in [0.29, 0.717) is 5.92 Å². The molecule has 1 aromatic carbocycles. The molecule has 0 amide bonds. The lowest BCUT2D eigenvalue weighted by Gasteiger charge is -2.11. The van der Waals surface area contributed by atoms with Gasteiger partial charge in [0.2, 0.25) is 0 Å². The van der Waals surface area contributed by atoms with Gasteiger partial charge >= 0.3 is 0 Å². The van der Waals surface area contributed by atoms with Gasteiger partial charge in [-0.1, -0.05) is 30.7 Å². The Bertz CT molecular complexity index is 311. The van der Waals surface area contributed by atoms with E-state index in [9.17, 15) is 0 Å². The number of hydrogen-bond acceptors (Lipinski definition) is 1. The molecule has 1 nitrogen and oxygen atoms in total. The number of hydrogen-bond donors (Lipinski definition) is 1. The first-order chi connectivity index (χ1) is 6.18. The Kier molecular flexibility index (Phi) is 2.31. The third-order valence-corrected chi connectivity index (χ3v) is 3.10. The molecule has 1 aliphatic carbocycles. The average molecular weight is 196 g/mol. The van der Waals surface area contributed by atoms with Gasteiger partial charge in [0.05, 0.1) is 0 Å². The van der Waals surface area contributed by atoms with Crippen LogP contribution < -0.4 is 5.73 Å². The quantitative estimate of drug-likeness (QED) is 0.772. The lowest BCUT2D eigenvalue weighted by Crippen LogP contribution is -2.13. The van der Waals surface area contributed by atoms with Crippen LogP contribution >= 0.6 is 11.6 Å². The van der Waals surface area contributed by atoms with Gasteiger partial charge in [-0.2, -0.15) is 0 Å². The molecule has 13 heavy (non-hydrogen) atoms. The highest BCUT2D eigenvalue weighted by Gasteiger charge is 2.38. The van der Waals surface area contributed by atoms with E-state index >= 15 is 0 Å². The van der Waals surface area contributed by atoms with E-state index in [2.05, 4.69) is 13.0 Å². The maximum atomic E-state index is 6.10. The van der Waals surface area contributed by atoms with Gasteiger partial charge in [-0.15, -0.1) is 0 Å². The predicted molar refractivity (Wildman–Crippen MR) is 55.7 cm³/mol. The number of halogens is 1. The summed E-state index contributed by atoms with van der Waals surface area (Å²) in [5, 5.41) is 0.779. The van der Waals surface area contributed by atoms with Crippen LogP contribution in [0.15, 0.2) is 24.3 Å². The van der Waals surface area contributed by atoms with Gasteiger partial charge in [-0.05, 0) is 36.0 Å². The highest BCUT2D eigenvalue weighted by Crippen LogP contribution is 2.45. The molecule has 1 saturated carbocycles. The van der Waals surface area contributed by atoms with E-state index in [1.807, 2.05) is 18.2 Å². The largest absolute Gasteiger partial charge is 0.324 e. The molecule has 1 aliphatic rings. The molecule has 0 aromatic heterocycles. The molecule has 0 saturated heterocycles. The minimum Gasteiger partial charge on any atom is -0.324 e. The predicted octanol–water partition coefficient (Wildman–Crippen LogP) is 3.00. The van der Waals surface area contributed by atoms with Crippen LogP contribution in [0.25, 0.3) is 0 Å². The molecule has 0 spiro atoms. The summed E-state index contributed by atoms with van der Waals surface area (Å²) in [5.41, 5.74) is 7.27. The molecule has 2 heteroatoms. The summed E-state index contributed by atoms with van der Waals surface area (Å²) in [7, 11) is 0. The standard InChI is InChI=1S/C11H14ClN/c1-7-5-10(7)11(13)8-3-2-4-9(12)6-8/h2-4,6-7,10-11H,5,13H2,1H3. The fourth-order valence-corrected chi connectivity index (χ4v) is 2.01. The van der Waals surface area contributed by atoms with Crippen LogP contribution in [0.2, 0.25) is 5.02 Å². The van der Waals surface area contributed by atoms with Crippen molar-refractivity contribution in [3.63, 3.8) is 0 Å². The van der Waals surface area contributed by atoms with E-state index in [1.54, 1.807) is 0 Å². The van der Waals surface area contributed by atoms with Gasteiger partial charge in [-0.3, -0.25) is 0 Å². The summed E-state index contributed by atoms with van der Waals surface area (Å²) < 4.78 is 0. The van der Waals surface area contributed by atoms with Crippen molar-refractivity contribution in [1.82, 2.24) is 0 Å². The van der Waals surface area contributed by atoms with Crippen molar-refractivity contribution < 1.29 is 0 Å². The Morgan fingerprint density at radius 2 is 2.23 bits per heavy atom. The van der Waals surface area contributed by atoms with Crippen molar-refractivity contribution in [2.24, 2.45) is 17.6 Å². The Morgan fingerprint density at radius 3 is 2.77 bits per heavy atom. The summed E-state index contributed by atoms with van der Waals surface area (Å²) in [6.07, 6.45) is 1.26. The maximum Gasteiger partial charge on any atom is 0.0409 e. The van der Waals surface area contributed by atoms with Crippen LogP contribution in [0.5, 0.6) is 0 Å². The summed E-state index contributed by atoms with van der Waals surface area (Å²) in [6.45, 7) is 2.25. The summed E-state index contributed by atoms with van der Waals surface area (Å²) in [6, 6.07) is 8.05. The SMILES string of the molecule is CC1CC1C(N)c1cccc(Cl)c1. The molecule has 3 atom stereocenters. The first-order valence-electron chi connectivity index (χ1n) is 4.69. The number of benzene rings is 1. The van der Waals surface area contributed by atoms with Crippen LogP contribution in [0, 0.1) is 11.8 Å². The van der Waals surface area contributed by atoms with E-state index in [-0.39, 0.29) is 6.04 Å². The van der Waals surface area contributed by atoms with Gasteiger partial charge in [0, 0.05) is 11.1 Å². The van der Waals surface area contributed by atoms with Gasteiger partial charge < -0.3 is 5.73 Å². The third-order valence-electron chi connectivity index (χ3n) is 2.87. The molecule has 2 rings (SSSR count). The van der Waals surface area contributed by atoms with Crippen LogP contribution in [-0.4, -0.2) is 0 Å². The van der Waals surface area contributed by atoms with Gasteiger partial charge in [0.25, 0.3) is 0 Å². The van der Waals surface area contributed by atoms with Crippen molar-refractivity contribution in [2.75, 3.05) is 0 Å². The van der Waals surface area contributed by atoms with Crippen molar-refractivity contribution in [3.05, 3.63) is 34.9 Å². The zero-order valence-corrected chi connectivity index (χ0v) is 8.46. The first-order valence-corrected chi connectivity index (χ1v) is 5.07. The second-order valence-electron chi connectivity index (χ2n) is 3.96. The minimum absolute atomic E-state index is 0.175. The lowest BCUT2D eigenvalue weighted by atomic mass is 10.0. The topological polar surface area (TPSA) is 26.0 Å². The lowest BCUT2D eigenvalue weighted by molar-refractivity contribution is 0.593. The molecule has 1 aromatic rings. The Morgan fingerprint density at radius 1 is 1.54 bits per heavy atom. The number of rotatable bonds is 2.